The molecule has 0 atom stereocenters. The molecule has 1 aromatic heterocycles. The molecule has 0 aliphatic carbocycles. The first-order chi connectivity index (χ1) is 12.6. The van der Waals surface area contributed by atoms with E-state index in [1.165, 1.54) is 19.7 Å². The average Bonchev–Trinajstić information content (AvgIpc) is 2.62. The highest BCUT2D eigenvalue weighted by Crippen LogP contribution is 2.16. The fourth-order valence-electron chi connectivity index (χ4n) is 2.48. The molecule has 1 N–H and O–H groups in total. The number of hydrogen-bond acceptors (Lipinski definition) is 6. The van der Waals surface area contributed by atoms with Gasteiger partial charge in [-0.1, -0.05) is 17.8 Å². The first kappa shape index (κ1) is 20.6. The van der Waals surface area contributed by atoms with E-state index in [1.807, 2.05) is 26.8 Å². The van der Waals surface area contributed by atoms with Crippen molar-refractivity contribution in [3.8, 4) is 0 Å². The van der Waals surface area contributed by atoms with Gasteiger partial charge in [0.05, 0.1) is 11.5 Å². The Kier molecular flexibility index (Phi) is 6.37. The van der Waals surface area contributed by atoms with E-state index < -0.39 is 11.2 Å². The Bertz CT molecular complexity index is 1040. The van der Waals surface area contributed by atoms with Gasteiger partial charge in [-0.25, -0.2) is 14.9 Å². The van der Waals surface area contributed by atoms with Crippen molar-refractivity contribution in [1.29, 1.82) is 0 Å². The van der Waals surface area contributed by atoms with Gasteiger partial charge >= 0.3 is 5.69 Å². The second-order valence-electron chi connectivity index (χ2n) is 6.35. The van der Waals surface area contributed by atoms with Crippen LogP contribution in [0.2, 0.25) is 0 Å². The molecule has 0 spiro atoms. The molecule has 8 nitrogen and oxygen atoms in total. The number of benzene rings is 1. The Labute approximate surface area is 161 Å². The Morgan fingerprint density at radius 1 is 1.15 bits per heavy atom. The van der Waals surface area contributed by atoms with E-state index in [2.05, 4.69) is 28.6 Å². The smallest absolute Gasteiger partial charge is 0.272 e. The fourth-order valence-corrected chi connectivity index (χ4v) is 3.26. The van der Waals surface area contributed by atoms with Crippen LogP contribution in [0.5, 0.6) is 0 Å². The second-order valence-corrected chi connectivity index (χ2v) is 7.31. The predicted molar refractivity (Wildman–Crippen MR) is 106 cm³/mol. The Morgan fingerprint density at radius 2 is 1.78 bits per heavy atom. The maximum Gasteiger partial charge on any atom is 0.346 e. The first-order valence-electron chi connectivity index (χ1n) is 8.30. The van der Waals surface area contributed by atoms with Crippen molar-refractivity contribution in [2.75, 3.05) is 5.75 Å². The third-order valence-corrected chi connectivity index (χ3v) is 5.15. The summed E-state index contributed by atoms with van der Waals surface area (Å²) in [6.45, 7) is 7.91. The van der Waals surface area contributed by atoms with Gasteiger partial charge in [0.25, 0.3) is 5.56 Å². The zero-order valence-corrected chi connectivity index (χ0v) is 17.1. The molecular formula is C18H23N5O3S. The molecule has 0 fully saturated rings. The van der Waals surface area contributed by atoms with Crippen LogP contribution in [0.1, 0.15) is 29.2 Å². The molecular weight excluding hydrogens is 366 g/mol. The summed E-state index contributed by atoms with van der Waals surface area (Å²) >= 11 is 0.962. The number of amides is 1. The summed E-state index contributed by atoms with van der Waals surface area (Å²) in [6.07, 6.45) is 0. The van der Waals surface area contributed by atoms with E-state index in [0.29, 0.717) is 5.71 Å². The van der Waals surface area contributed by atoms with Crippen molar-refractivity contribution in [3.63, 3.8) is 0 Å². The topological polar surface area (TPSA) is 98.3 Å². The van der Waals surface area contributed by atoms with Crippen molar-refractivity contribution in [2.45, 2.75) is 32.7 Å². The Hall–Kier alpha value is -2.68. The lowest BCUT2D eigenvalue weighted by molar-refractivity contribution is -0.118. The molecule has 1 amide bonds. The van der Waals surface area contributed by atoms with Crippen LogP contribution in [-0.4, -0.2) is 31.7 Å². The molecule has 0 aliphatic rings. The predicted octanol–water partition coefficient (Wildman–Crippen LogP) is 1.04. The highest BCUT2D eigenvalue weighted by atomic mass is 32.2. The minimum Gasteiger partial charge on any atom is -0.272 e. The summed E-state index contributed by atoms with van der Waals surface area (Å²) < 4.78 is 2.02. The van der Waals surface area contributed by atoms with Gasteiger partial charge in [0.1, 0.15) is 0 Å². The molecule has 27 heavy (non-hydrogen) atoms. The molecule has 0 saturated carbocycles. The molecule has 1 aromatic carbocycles. The highest BCUT2D eigenvalue weighted by Gasteiger charge is 2.12. The zero-order chi connectivity index (χ0) is 20.3. The zero-order valence-electron chi connectivity index (χ0n) is 16.3. The van der Waals surface area contributed by atoms with E-state index >= 15 is 0 Å². The monoisotopic (exact) mass is 389 g/mol. The molecule has 2 aromatic rings. The second kappa shape index (κ2) is 8.34. The maximum absolute atomic E-state index is 12.1. The van der Waals surface area contributed by atoms with Crippen LogP contribution in [0.25, 0.3) is 0 Å². The molecule has 144 valence electrons. The van der Waals surface area contributed by atoms with Gasteiger partial charge in [-0.05, 0) is 50.5 Å². The molecule has 1 heterocycles. The third-order valence-electron chi connectivity index (χ3n) is 4.21. The number of aryl methyl sites for hydroxylation is 4. The van der Waals surface area contributed by atoms with Crippen molar-refractivity contribution < 1.29 is 4.79 Å². The number of aromatic nitrogens is 3. The average molecular weight is 389 g/mol. The van der Waals surface area contributed by atoms with Crippen LogP contribution in [0.3, 0.4) is 0 Å². The van der Waals surface area contributed by atoms with Crippen LogP contribution in [0, 0.1) is 20.8 Å². The number of nitrogens with zero attached hydrogens (tertiary/aromatic N) is 4. The third kappa shape index (κ3) is 4.73. The maximum atomic E-state index is 12.1. The van der Waals surface area contributed by atoms with Gasteiger partial charge in [0, 0.05) is 19.7 Å². The van der Waals surface area contributed by atoms with E-state index in [1.54, 1.807) is 0 Å². The van der Waals surface area contributed by atoms with Gasteiger partial charge in [0.15, 0.2) is 5.03 Å². The lowest BCUT2D eigenvalue weighted by Gasteiger charge is -2.10. The minimum absolute atomic E-state index is 0.0386. The molecule has 0 radical (unpaired) electrons. The van der Waals surface area contributed by atoms with Gasteiger partial charge in [-0.2, -0.15) is 10.2 Å². The number of carbonyl (C=O) groups excluding carboxylic acids is 1. The summed E-state index contributed by atoms with van der Waals surface area (Å²) in [5.74, 6) is -0.401. The summed E-state index contributed by atoms with van der Waals surface area (Å²) in [7, 11) is 2.82. The van der Waals surface area contributed by atoms with E-state index in [-0.39, 0.29) is 16.7 Å². The molecule has 0 saturated heterocycles. The van der Waals surface area contributed by atoms with Gasteiger partial charge in [-0.15, -0.1) is 0 Å². The van der Waals surface area contributed by atoms with Crippen molar-refractivity contribution in [2.24, 2.45) is 19.2 Å². The Morgan fingerprint density at radius 3 is 2.44 bits per heavy atom. The lowest BCUT2D eigenvalue weighted by atomic mass is 9.98. The Balaban J connectivity index is 2.07. The molecule has 2 rings (SSSR count). The van der Waals surface area contributed by atoms with E-state index in [9.17, 15) is 14.4 Å². The van der Waals surface area contributed by atoms with Crippen molar-refractivity contribution in [3.05, 3.63) is 55.2 Å². The fraction of sp³-hybridized carbons (Fsp3) is 0.389. The van der Waals surface area contributed by atoms with Crippen LogP contribution in [-0.2, 0) is 18.9 Å². The minimum atomic E-state index is -0.527. The van der Waals surface area contributed by atoms with Crippen LogP contribution in [0.15, 0.2) is 31.8 Å². The first-order valence-corrected chi connectivity index (χ1v) is 9.29. The highest BCUT2D eigenvalue weighted by molar-refractivity contribution is 7.99. The number of hydrogen-bond donors (Lipinski definition) is 1. The summed E-state index contributed by atoms with van der Waals surface area (Å²) in [6, 6.07) is 4.13. The number of rotatable bonds is 5. The van der Waals surface area contributed by atoms with E-state index in [0.717, 1.165) is 37.7 Å². The number of hydrazone groups is 1. The molecule has 0 aliphatic heterocycles. The summed E-state index contributed by atoms with van der Waals surface area (Å²) in [5.41, 5.74) is 6.57. The summed E-state index contributed by atoms with van der Waals surface area (Å²) in [5, 5.41) is 8.13. The molecule has 9 heteroatoms. The van der Waals surface area contributed by atoms with Crippen LogP contribution < -0.4 is 16.7 Å². The number of thioether (sulfide) groups is 1. The molecule has 0 unspecified atom stereocenters. The van der Waals surface area contributed by atoms with Crippen molar-refractivity contribution >= 4 is 23.4 Å². The SMILES string of the molecule is C/C(=N/NC(=O)CSc1nn(C)c(=O)n(C)c1=O)c1cc(C)c(C)cc1C. The van der Waals surface area contributed by atoms with E-state index in [4.69, 9.17) is 0 Å². The normalized spacial score (nSPS) is 11.6. The van der Waals surface area contributed by atoms with Crippen LogP contribution in [0.4, 0.5) is 0 Å². The number of carbonyl (C=O) groups is 1. The van der Waals surface area contributed by atoms with Gasteiger partial charge in [-0.3, -0.25) is 14.2 Å². The standard InChI is InChI=1S/C18H23N5O3S/c1-10-7-12(3)14(8-11(10)2)13(4)19-20-15(24)9-27-16-17(25)22(5)18(26)23(6)21-16/h7-8H,9H2,1-6H3,(H,20,24)/b19-13-. The quantitative estimate of drug-likeness (QED) is 0.468. The van der Waals surface area contributed by atoms with Crippen molar-refractivity contribution in [1.82, 2.24) is 19.8 Å². The van der Waals surface area contributed by atoms with Crippen LogP contribution >= 0.6 is 11.8 Å². The summed E-state index contributed by atoms with van der Waals surface area (Å²) in [4.78, 5) is 35.7. The molecule has 0 bridgehead atoms. The lowest BCUT2D eigenvalue weighted by Crippen LogP contribution is -2.39. The largest absolute Gasteiger partial charge is 0.346 e. The number of nitrogens with one attached hydrogen (secondary N) is 1. The van der Waals surface area contributed by atoms with Gasteiger partial charge < -0.3 is 0 Å². The van der Waals surface area contributed by atoms with Gasteiger partial charge in [0.2, 0.25) is 5.91 Å².